The maximum absolute atomic E-state index is 14.1. The molecular formula is C16H15F3O. The van der Waals surface area contributed by atoms with Crippen LogP contribution in [0.25, 0.3) is 0 Å². The number of rotatable bonds is 2. The zero-order valence-electron chi connectivity index (χ0n) is 11.5. The van der Waals surface area contributed by atoms with Gasteiger partial charge in [-0.05, 0) is 61.2 Å². The molecule has 2 rings (SSSR count). The van der Waals surface area contributed by atoms with Gasteiger partial charge in [0.2, 0.25) is 0 Å². The monoisotopic (exact) mass is 280 g/mol. The van der Waals surface area contributed by atoms with Crippen LogP contribution in [0.1, 0.15) is 33.9 Å². The van der Waals surface area contributed by atoms with Crippen molar-refractivity contribution in [3.8, 4) is 0 Å². The highest BCUT2D eigenvalue weighted by Gasteiger charge is 2.24. The van der Waals surface area contributed by atoms with Crippen molar-refractivity contribution in [3.05, 3.63) is 69.5 Å². The summed E-state index contributed by atoms with van der Waals surface area (Å²) in [5, 5.41) is 10.3. The second-order valence-corrected chi connectivity index (χ2v) is 4.95. The van der Waals surface area contributed by atoms with Gasteiger partial charge >= 0.3 is 0 Å². The third-order valence-corrected chi connectivity index (χ3v) is 3.42. The predicted octanol–water partition coefficient (Wildman–Crippen LogP) is 4.11. The molecule has 2 aromatic carbocycles. The highest BCUT2D eigenvalue weighted by molar-refractivity contribution is 5.42. The fraction of sp³-hybridized carbons (Fsp3) is 0.250. The van der Waals surface area contributed by atoms with Crippen LogP contribution < -0.4 is 0 Å². The lowest BCUT2D eigenvalue weighted by Crippen LogP contribution is -2.10. The second-order valence-electron chi connectivity index (χ2n) is 4.95. The Labute approximate surface area is 115 Å². The lowest BCUT2D eigenvalue weighted by molar-refractivity contribution is 0.207. The minimum Gasteiger partial charge on any atom is -0.383 e. The molecule has 0 radical (unpaired) electrons. The van der Waals surface area contributed by atoms with E-state index in [2.05, 4.69) is 0 Å². The molecule has 1 nitrogen and oxygen atoms in total. The molecule has 20 heavy (non-hydrogen) atoms. The molecule has 1 N–H and O–H groups in total. The highest BCUT2D eigenvalue weighted by atomic mass is 19.1. The van der Waals surface area contributed by atoms with E-state index in [1.54, 1.807) is 13.8 Å². The van der Waals surface area contributed by atoms with Gasteiger partial charge in [0.15, 0.2) is 0 Å². The van der Waals surface area contributed by atoms with E-state index >= 15 is 0 Å². The lowest BCUT2D eigenvalue weighted by Gasteiger charge is -2.19. The zero-order valence-corrected chi connectivity index (χ0v) is 11.5. The molecule has 2 aromatic rings. The standard InChI is InChI=1S/C16H15F3O/c1-8-4-5-12(18)14(15(8)19)16(20)13-9(2)6-11(17)7-10(13)3/h4-7,16,20H,1-3H3. The van der Waals surface area contributed by atoms with Gasteiger partial charge in [0.25, 0.3) is 0 Å². The molecule has 4 heteroatoms. The summed E-state index contributed by atoms with van der Waals surface area (Å²) in [6.45, 7) is 4.69. The second kappa shape index (κ2) is 5.29. The Morgan fingerprint density at radius 2 is 1.40 bits per heavy atom. The van der Waals surface area contributed by atoms with Crippen LogP contribution in [0, 0.1) is 38.2 Å². The maximum atomic E-state index is 14.1. The molecule has 0 fully saturated rings. The van der Waals surface area contributed by atoms with Gasteiger partial charge in [-0.2, -0.15) is 0 Å². The molecule has 0 bridgehead atoms. The van der Waals surface area contributed by atoms with Crippen molar-refractivity contribution < 1.29 is 18.3 Å². The summed E-state index contributed by atoms with van der Waals surface area (Å²) in [7, 11) is 0. The van der Waals surface area contributed by atoms with Crippen molar-refractivity contribution in [2.75, 3.05) is 0 Å². The van der Waals surface area contributed by atoms with Crippen molar-refractivity contribution in [1.29, 1.82) is 0 Å². The van der Waals surface area contributed by atoms with E-state index in [1.807, 2.05) is 0 Å². The number of hydrogen-bond donors (Lipinski definition) is 1. The number of aliphatic hydroxyl groups is 1. The third kappa shape index (κ3) is 2.43. The number of aryl methyl sites for hydroxylation is 3. The van der Waals surface area contributed by atoms with Crippen molar-refractivity contribution in [2.45, 2.75) is 26.9 Å². The molecule has 0 spiro atoms. The van der Waals surface area contributed by atoms with Crippen molar-refractivity contribution in [2.24, 2.45) is 0 Å². The smallest absolute Gasteiger partial charge is 0.135 e. The number of hydrogen-bond acceptors (Lipinski definition) is 1. The molecule has 0 aliphatic carbocycles. The number of halogens is 3. The molecule has 106 valence electrons. The molecule has 0 aliphatic heterocycles. The van der Waals surface area contributed by atoms with Gasteiger partial charge < -0.3 is 5.11 Å². The first kappa shape index (κ1) is 14.6. The van der Waals surface area contributed by atoms with Crippen LogP contribution in [0.2, 0.25) is 0 Å². The Kier molecular flexibility index (Phi) is 3.86. The molecule has 0 aromatic heterocycles. The summed E-state index contributed by atoms with van der Waals surface area (Å²) in [6.07, 6.45) is -1.46. The molecule has 0 saturated heterocycles. The Balaban J connectivity index is 2.64. The van der Waals surface area contributed by atoms with E-state index in [4.69, 9.17) is 0 Å². The third-order valence-electron chi connectivity index (χ3n) is 3.42. The number of aliphatic hydroxyl groups excluding tert-OH is 1. The largest absolute Gasteiger partial charge is 0.383 e. The van der Waals surface area contributed by atoms with Gasteiger partial charge in [-0.15, -0.1) is 0 Å². The highest BCUT2D eigenvalue weighted by Crippen LogP contribution is 2.32. The Morgan fingerprint density at radius 3 is 1.95 bits per heavy atom. The fourth-order valence-electron chi connectivity index (χ4n) is 2.43. The average Bonchev–Trinajstić information content (AvgIpc) is 2.33. The minimum atomic E-state index is -1.46. The molecule has 0 aliphatic rings. The van der Waals surface area contributed by atoms with Gasteiger partial charge in [0, 0.05) is 0 Å². The van der Waals surface area contributed by atoms with Gasteiger partial charge in [0.05, 0.1) is 5.56 Å². The molecule has 0 saturated carbocycles. The topological polar surface area (TPSA) is 20.2 Å². The van der Waals surface area contributed by atoms with Gasteiger partial charge in [-0.1, -0.05) is 6.07 Å². The molecule has 1 atom stereocenters. The van der Waals surface area contributed by atoms with E-state index in [1.165, 1.54) is 25.1 Å². The van der Waals surface area contributed by atoms with E-state index in [-0.39, 0.29) is 5.56 Å². The van der Waals surface area contributed by atoms with Crippen LogP contribution in [0.5, 0.6) is 0 Å². The van der Waals surface area contributed by atoms with E-state index < -0.39 is 29.1 Å². The quantitative estimate of drug-likeness (QED) is 0.877. The first-order chi connectivity index (χ1) is 9.32. The summed E-state index contributed by atoms with van der Waals surface area (Å²) in [6, 6.07) is 4.89. The molecule has 0 heterocycles. The Morgan fingerprint density at radius 1 is 0.850 bits per heavy atom. The first-order valence-electron chi connectivity index (χ1n) is 6.22. The average molecular weight is 280 g/mol. The van der Waals surface area contributed by atoms with E-state index in [0.717, 1.165) is 6.07 Å². The summed E-state index contributed by atoms with van der Waals surface area (Å²) >= 11 is 0. The SMILES string of the molecule is Cc1ccc(F)c(C(O)c2c(C)cc(F)cc2C)c1F. The summed E-state index contributed by atoms with van der Waals surface area (Å²) in [5.74, 6) is -2.04. The van der Waals surface area contributed by atoms with Crippen molar-refractivity contribution in [1.82, 2.24) is 0 Å². The van der Waals surface area contributed by atoms with Crippen LogP contribution in [-0.4, -0.2) is 5.11 Å². The van der Waals surface area contributed by atoms with Gasteiger partial charge in [0.1, 0.15) is 23.6 Å². The Bertz CT molecular complexity index is 642. The fourth-order valence-corrected chi connectivity index (χ4v) is 2.43. The van der Waals surface area contributed by atoms with Crippen LogP contribution >= 0.6 is 0 Å². The van der Waals surface area contributed by atoms with Crippen molar-refractivity contribution >= 4 is 0 Å². The summed E-state index contributed by atoms with van der Waals surface area (Å²) in [5.41, 5.74) is 1.08. The van der Waals surface area contributed by atoms with E-state index in [9.17, 15) is 18.3 Å². The van der Waals surface area contributed by atoms with Crippen LogP contribution in [0.15, 0.2) is 24.3 Å². The van der Waals surface area contributed by atoms with Crippen molar-refractivity contribution in [3.63, 3.8) is 0 Å². The number of benzene rings is 2. The predicted molar refractivity (Wildman–Crippen MR) is 71.0 cm³/mol. The summed E-state index contributed by atoms with van der Waals surface area (Å²) in [4.78, 5) is 0. The molecular weight excluding hydrogens is 265 g/mol. The zero-order chi connectivity index (χ0) is 15.0. The molecule has 0 amide bonds. The van der Waals surface area contributed by atoms with Gasteiger partial charge in [-0.3, -0.25) is 0 Å². The van der Waals surface area contributed by atoms with E-state index in [0.29, 0.717) is 16.7 Å². The van der Waals surface area contributed by atoms with Gasteiger partial charge in [-0.25, -0.2) is 13.2 Å². The molecule has 1 unspecified atom stereocenters. The summed E-state index contributed by atoms with van der Waals surface area (Å²) < 4.78 is 41.2. The lowest BCUT2D eigenvalue weighted by atomic mass is 9.92. The first-order valence-corrected chi connectivity index (χ1v) is 6.22. The maximum Gasteiger partial charge on any atom is 0.135 e. The Hall–Kier alpha value is -1.81. The minimum absolute atomic E-state index is 0.248. The van der Waals surface area contributed by atoms with Crippen LogP contribution in [0.3, 0.4) is 0 Å². The van der Waals surface area contributed by atoms with Crippen LogP contribution in [-0.2, 0) is 0 Å². The normalized spacial score (nSPS) is 12.6. The van der Waals surface area contributed by atoms with Crippen LogP contribution in [0.4, 0.5) is 13.2 Å².